The quantitative estimate of drug-likeness (QED) is 0.528. The first kappa shape index (κ1) is 17.3. The Labute approximate surface area is 139 Å². The first-order valence-corrected chi connectivity index (χ1v) is 8.31. The largest absolute Gasteiger partial charge is 0.493 e. The van der Waals surface area contributed by atoms with E-state index in [2.05, 4.69) is 33.8 Å². The molecule has 0 atom stereocenters. The number of benzene rings is 2. The predicted molar refractivity (Wildman–Crippen MR) is 95.4 cm³/mol. The number of carbonyl (C=O) groups excluding carboxylic acids is 1. The Morgan fingerprint density at radius 1 is 1.00 bits per heavy atom. The normalized spacial score (nSPS) is 11.3. The van der Waals surface area contributed by atoms with Crippen LogP contribution >= 0.6 is 0 Å². The summed E-state index contributed by atoms with van der Waals surface area (Å²) in [7, 11) is 0. The fourth-order valence-electron chi connectivity index (χ4n) is 2.53. The summed E-state index contributed by atoms with van der Waals surface area (Å²) >= 11 is 0. The highest BCUT2D eigenvalue weighted by molar-refractivity contribution is 6.11. The standard InChI is InChI=1S/C21H26O2/c1-5-6-15-23-20-17(13-10-14-18(20)21(2,3)4)19(22)16-11-8-7-9-12-16/h7-14H,5-6,15H2,1-4H3. The first-order chi connectivity index (χ1) is 10.9. The lowest BCUT2D eigenvalue weighted by atomic mass is 9.84. The topological polar surface area (TPSA) is 26.3 Å². The van der Waals surface area contributed by atoms with Crippen LogP contribution in [0.5, 0.6) is 5.75 Å². The first-order valence-electron chi connectivity index (χ1n) is 8.31. The van der Waals surface area contributed by atoms with E-state index in [0.717, 1.165) is 24.2 Å². The van der Waals surface area contributed by atoms with E-state index in [1.165, 1.54) is 0 Å². The number of hydrogen-bond donors (Lipinski definition) is 0. The predicted octanol–water partition coefficient (Wildman–Crippen LogP) is 5.39. The second-order valence-corrected chi connectivity index (χ2v) is 6.83. The van der Waals surface area contributed by atoms with Crippen LogP contribution in [0.2, 0.25) is 0 Å². The molecule has 0 saturated carbocycles. The minimum atomic E-state index is -0.0749. The number of para-hydroxylation sites is 1. The third kappa shape index (κ3) is 4.22. The van der Waals surface area contributed by atoms with E-state index in [4.69, 9.17) is 4.74 Å². The molecule has 0 aliphatic heterocycles. The van der Waals surface area contributed by atoms with Crippen molar-refractivity contribution in [3.05, 3.63) is 65.2 Å². The summed E-state index contributed by atoms with van der Waals surface area (Å²) in [5, 5.41) is 0. The lowest BCUT2D eigenvalue weighted by Crippen LogP contribution is -2.17. The maximum Gasteiger partial charge on any atom is 0.196 e. The number of unbranched alkanes of at least 4 members (excludes halogenated alkanes) is 1. The van der Waals surface area contributed by atoms with Gasteiger partial charge in [0.1, 0.15) is 5.75 Å². The van der Waals surface area contributed by atoms with Crippen LogP contribution in [0.1, 0.15) is 62.0 Å². The molecular weight excluding hydrogens is 284 g/mol. The van der Waals surface area contributed by atoms with E-state index in [-0.39, 0.29) is 11.2 Å². The maximum atomic E-state index is 12.9. The van der Waals surface area contributed by atoms with Crippen molar-refractivity contribution in [1.82, 2.24) is 0 Å². The van der Waals surface area contributed by atoms with Crippen LogP contribution < -0.4 is 4.74 Å². The molecule has 0 N–H and O–H groups in total. The highest BCUT2D eigenvalue weighted by Crippen LogP contribution is 2.35. The van der Waals surface area contributed by atoms with Gasteiger partial charge in [0.25, 0.3) is 0 Å². The minimum absolute atomic E-state index is 0.0169. The molecule has 0 radical (unpaired) electrons. The highest BCUT2D eigenvalue weighted by atomic mass is 16.5. The zero-order chi connectivity index (χ0) is 16.9. The van der Waals surface area contributed by atoms with Crippen molar-refractivity contribution in [2.45, 2.75) is 46.0 Å². The maximum absolute atomic E-state index is 12.9. The van der Waals surface area contributed by atoms with Gasteiger partial charge >= 0.3 is 0 Å². The summed E-state index contributed by atoms with van der Waals surface area (Å²) in [5.74, 6) is 0.755. The van der Waals surface area contributed by atoms with Gasteiger partial charge in [-0.3, -0.25) is 4.79 Å². The molecule has 2 aromatic carbocycles. The van der Waals surface area contributed by atoms with Crippen molar-refractivity contribution >= 4 is 5.78 Å². The van der Waals surface area contributed by atoms with Gasteiger partial charge in [-0.25, -0.2) is 0 Å². The number of ketones is 1. The third-order valence-electron chi connectivity index (χ3n) is 3.85. The summed E-state index contributed by atoms with van der Waals surface area (Å²) in [6.07, 6.45) is 2.05. The van der Waals surface area contributed by atoms with Gasteiger partial charge in [-0.1, -0.05) is 76.6 Å². The van der Waals surface area contributed by atoms with Crippen LogP contribution in [0.3, 0.4) is 0 Å². The Morgan fingerprint density at radius 3 is 2.30 bits per heavy atom. The van der Waals surface area contributed by atoms with Gasteiger partial charge < -0.3 is 4.74 Å². The van der Waals surface area contributed by atoms with E-state index in [1.807, 2.05) is 42.5 Å². The molecule has 0 amide bonds. The molecule has 2 nitrogen and oxygen atoms in total. The summed E-state index contributed by atoms with van der Waals surface area (Å²) in [6, 6.07) is 15.3. The van der Waals surface area contributed by atoms with Gasteiger partial charge in [-0.05, 0) is 17.9 Å². The van der Waals surface area contributed by atoms with Gasteiger partial charge in [0.2, 0.25) is 0 Å². The second-order valence-electron chi connectivity index (χ2n) is 6.83. The number of carbonyl (C=O) groups is 1. The van der Waals surface area contributed by atoms with Crippen molar-refractivity contribution < 1.29 is 9.53 Å². The molecule has 0 aromatic heterocycles. The summed E-state index contributed by atoms with van der Waals surface area (Å²) in [5.41, 5.74) is 2.35. The lowest BCUT2D eigenvalue weighted by Gasteiger charge is -2.24. The Hall–Kier alpha value is -2.09. The van der Waals surface area contributed by atoms with Gasteiger partial charge in [-0.15, -0.1) is 0 Å². The average Bonchev–Trinajstić information content (AvgIpc) is 2.54. The molecule has 0 heterocycles. The molecular formula is C21H26O2. The van der Waals surface area contributed by atoms with E-state index in [1.54, 1.807) is 0 Å². The highest BCUT2D eigenvalue weighted by Gasteiger charge is 2.24. The smallest absolute Gasteiger partial charge is 0.196 e. The molecule has 0 saturated heterocycles. The van der Waals surface area contributed by atoms with Crippen molar-refractivity contribution in [2.24, 2.45) is 0 Å². The number of hydrogen-bond acceptors (Lipinski definition) is 2. The van der Waals surface area contributed by atoms with Crippen LogP contribution in [0, 0.1) is 0 Å². The fourth-order valence-corrected chi connectivity index (χ4v) is 2.53. The van der Waals surface area contributed by atoms with E-state index in [0.29, 0.717) is 17.7 Å². The summed E-state index contributed by atoms with van der Waals surface area (Å²) < 4.78 is 6.06. The molecule has 0 aliphatic carbocycles. The van der Waals surface area contributed by atoms with E-state index >= 15 is 0 Å². The van der Waals surface area contributed by atoms with Gasteiger partial charge in [0, 0.05) is 11.1 Å². The Morgan fingerprint density at radius 2 is 1.70 bits per heavy atom. The molecule has 0 fully saturated rings. The Kier molecular flexibility index (Phi) is 5.59. The molecule has 0 unspecified atom stereocenters. The van der Waals surface area contributed by atoms with Gasteiger partial charge in [0.05, 0.1) is 12.2 Å². The Bertz CT molecular complexity index is 651. The van der Waals surface area contributed by atoms with Crippen LogP contribution in [0.25, 0.3) is 0 Å². The van der Waals surface area contributed by atoms with Crippen molar-refractivity contribution in [3.63, 3.8) is 0 Å². The van der Waals surface area contributed by atoms with Crippen molar-refractivity contribution in [1.29, 1.82) is 0 Å². The van der Waals surface area contributed by atoms with Gasteiger partial charge in [-0.2, -0.15) is 0 Å². The minimum Gasteiger partial charge on any atom is -0.493 e. The molecule has 2 heteroatoms. The third-order valence-corrected chi connectivity index (χ3v) is 3.85. The summed E-state index contributed by atoms with van der Waals surface area (Å²) in [6.45, 7) is 9.21. The van der Waals surface area contributed by atoms with E-state index in [9.17, 15) is 4.79 Å². The zero-order valence-electron chi connectivity index (χ0n) is 14.6. The second kappa shape index (κ2) is 7.45. The fraction of sp³-hybridized carbons (Fsp3) is 0.381. The molecule has 0 aliphatic rings. The molecule has 2 rings (SSSR count). The molecule has 2 aromatic rings. The number of ether oxygens (including phenoxy) is 1. The van der Waals surface area contributed by atoms with Crippen LogP contribution in [-0.4, -0.2) is 12.4 Å². The molecule has 122 valence electrons. The SMILES string of the molecule is CCCCOc1c(C(=O)c2ccccc2)cccc1C(C)(C)C. The zero-order valence-corrected chi connectivity index (χ0v) is 14.6. The molecule has 23 heavy (non-hydrogen) atoms. The monoisotopic (exact) mass is 310 g/mol. The van der Waals surface area contributed by atoms with Crippen LogP contribution in [-0.2, 0) is 5.41 Å². The van der Waals surface area contributed by atoms with E-state index < -0.39 is 0 Å². The van der Waals surface area contributed by atoms with Crippen LogP contribution in [0.4, 0.5) is 0 Å². The average molecular weight is 310 g/mol. The summed E-state index contributed by atoms with van der Waals surface area (Å²) in [4.78, 5) is 12.9. The van der Waals surface area contributed by atoms with Gasteiger partial charge in [0.15, 0.2) is 5.78 Å². The lowest BCUT2D eigenvalue weighted by molar-refractivity contribution is 0.103. The molecule has 0 spiro atoms. The van der Waals surface area contributed by atoms with Crippen LogP contribution in [0.15, 0.2) is 48.5 Å². The van der Waals surface area contributed by atoms with Crippen molar-refractivity contribution in [2.75, 3.05) is 6.61 Å². The van der Waals surface area contributed by atoms with Crippen molar-refractivity contribution in [3.8, 4) is 5.75 Å². The number of rotatable bonds is 6. The molecule has 0 bridgehead atoms. The Balaban J connectivity index is 2.47.